The fourth-order valence-corrected chi connectivity index (χ4v) is 9.05. The molecular weight excluding hydrogens is 715 g/mol. The van der Waals surface area contributed by atoms with Crippen LogP contribution in [0.5, 0.6) is 0 Å². The van der Waals surface area contributed by atoms with E-state index in [-0.39, 0.29) is 0 Å². The molecule has 0 aliphatic carbocycles. The zero-order chi connectivity index (χ0) is 41.7. The van der Waals surface area contributed by atoms with Crippen LogP contribution in [0.3, 0.4) is 0 Å². The second-order valence-electron chi connectivity index (χ2n) is 18.7. The van der Waals surface area contributed by atoms with E-state index in [9.17, 15) is 0 Å². The van der Waals surface area contributed by atoms with Gasteiger partial charge in [-0.3, -0.25) is 4.90 Å². The zero-order valence-corrected chi connectivity index (χ0v) is 40.3. The average molecular weight is 822 g/mol. The van der Waals surface area contributed by atoms with E-state index < -0.39 is 0 Å². The topological polar surface area (TPSA) is 40.2 Å². The summed E-state index contributed by atoms with van der Waals surface area (Å²) in [7, 11) is 0. The summed E-state index contributed by atoms with van der Waals surface area (Å²) in [6.07, 6.45) is 49.0. The normalized spacial score (nSPS) is 13.9. The lowest BCUT2D eigenvalue weighted by Gasteiger charge is -2.26. The van der Waals surface area contributed by atoms with Gasteiger partial charge in [0.1, 0.15) is 0 Å². The Labute approximate surface area is 365 Å². The smallest absolute Gasteiger partial charge is 0.0594 e. The Morgan fingerprint density at radius 3 is 1.14 bits per heavy atom. The molecule has 0 radical (unpaired) electrons. The lowest BCUT2D eigenvalue weighted by Crippen LogP contribution is -2.36. The van der Waals surface area contributed by atoms with E-state index in [2.05, 4.69) is 32.6 Å². The van der Waals surface area contributed by atoms with Crippen LogP contribution in [-0.4, -0.2) is 76.9 Å². The highest BCUT2D eigenvalue weighted by atomic mass is 16.5. The van der Waals surface area contributed by atoms with Crippen molar-refractivity contribution in [2.24, 2.45) is 11.8 Å². The SMILES string of the molecule is CCCCCC(CCCCC)CCOCCCCCCCCCC(CCCCCCCCCOCCC(CCCCC)CCCCC)OCCCCN1CCOCC1. The molecule has 0 spiro atoms. The minimum absolute atomic E-state index is 0.466. The van der Waals surface area contributed by atoms with Gasteiger partial charge in [-0.05, 0) is 69.7 Å². The van der Waals surface area contributed by atoms with Crippen molar-refractivity contribution in [2.75, 3.05) is 65.9 Å². The first-order valence-corrected chi connectivity index (χ1v) is 26.8. The minimum Gasteiger partial charge on any atom is -0.381 e. The van der Waals surface area contributed by atoms with Crippen molar-refractivity contribution in [1.29, 1.82) is 0 Å². The molecule has 0 saturated carbocycles. The molecule has 0 N–H and O–H groups in total. The van der Waals surface area contributed by atoms with Gasteiger partial charge in [-0.1, -0.05) is 207 Å². The van der Waals surface area contributed by atoms with Crippen LogP contribution in [-0.2, 0) is 18.9 Å². The van der Waals surface area contributed by atoms with Crippen molar-refractivity contribution in [1.82, 2.24) is 4.90 Å². The van der Waals surface area contributed by atoms with Crippen LogP contribution in [0, 0.1) is 11.8 Å². The maximum absolute atomic E-state index is 6.57. The Kier molecular flexibility index (Phi) is 44.6. The molecule has 5 heteroatoms. The Balaban J connectivity index is 2.15. The van der Waals surface area contributed by atoms with Gasteiger partial charge in [0.15, 0.2) is 0 Å². The summed E-state index contributed by atoms with van der Waals surface area (Å²) in [5.41, 5.74) is 0. The number of morpholine rings is 1. The second-order valence-corrected chi connectivity index (χ2v) is 18.7. The van der Waals surface area contributed by atoms with Gasteiger partial charge in [0.25, 0.3) is 0 Å². The van der Waals surface area contributed by atoms with Gasteiger partial charge in [0.05, 0.1) is 19.3 Å². The van der Waals surface area contributed by atoms with Crippen LogP contribution < -0.4 is 0 Å². The van der Waals surface area contributed by atoms with Crippen molar-refractivity contribution in [3.63, 3.8) is 0 Å². The third-order valence-corrected chi connectivity index (χ3v) is 13.2. The predicted octanol–water partition coefficient (Wildman–Crippen LogP) is 16.1. The summed E-state index contributed by atoms with van der Waals surface area (Å²) >= 11 is 0. The molecular formula is C53H107NO4. The summed E-state index contributed by atoms with van der Waals surface area (Å²) in [6, 6.07) is 0. The Bertz CT molecular complexity index is 693. The van der Waals surface area contributed by atoms with E-state index in [0.717, 1.165) is 71.2 Å². The van der Waals surface area contributed by atoms with Crippen LogP contribution in [0.4, 0.5) is 0 Å². The molecule has 1 aliphatic heterocycles. The largest absolute Gasteiger partial charge is 0.381 e. The molecule has 0 aromatic heterocycles. The van der Waals surface area contributed by atoms with Gasteiger partial charge in [-0.25, -0.2) is 0 Å². The van der Waals surface area contributed by atoms with Crippen LogP contribution in [0.15, 0.2) is 0 Å². The number of ether oxygens (including phenoxy) is 4. The first-order valence-electron chi connectivity index (χ1n) is 26.8. The first-order chi connectivity index (χ1) is 28.7. The molecule has 1 heterocycles. The monoisotopic (exact) mass is 822 g/mol. The maximum Gasteiger partial charge on any atom is 0.0594 e. The number of hydrogen-bond donors (Lipinski definition) is 0. The van der Waals surface area contributed by atoms with E-state index >= 15 is 0 Å². The third-order valence-electron chi connectivity index (χ3n) is 13.2. The molecule has 1 rings (SSSR count). The standard InChI is InChI=1S/C53H107NO4/c1-5-9-23-33-51(34-24-10-6-2)39-47-55-44-30-21-17-13-15-19-27-37-53(58-46-32-29-41-54-42-49-57-50-43-54)38-28-20-16-14-18-22-31-45-56-48-40-52(35-25-11-7-3)36-26-12-8-4/h51-53H,5-50H2,1-4H3. The summed E-state index contributed by atoms with van der Waals surface area (Å²) in [4.78, 5) is 2.56. The van der Waals surface area contributed by atoms with Gasteiger partial charge >= 0.3 is 0 Å². The van der Waals surface area contributed by atoms with Crippen LogP contribution in [0.1, 0.15) is 259 Å². The zero-order valence-electron chi connectivity index (χ0n) is 40.3. The summed E-state index contributed by atoms with van der Waals surface area (Å²) in [6.45, 7) is 19.3. The van der Waals surface area contributed by atoms with Gasteiger partial charge in [0.2, 0.25) is 0 Å². The van der Waals surface area contributed by atoms with E-state index in [4.69, 9.17) is 18.9 Å². The van der Waals surface area contributed by atoms with Crippen LogP contribution in [0.25, 0.3) is 0 Å². The van der Waals surface area contributed by atoms with Crippen molar-refractivity contribution < 1.29 is 18.9 Å². The van der Waals surface area contributed by atoms with Gasteiger partial charge < -0.3 is 18.9 Å². The van der Waals surface area contributed by atoms with Crippen LogP contribution >= 0.6 is 0 Å². The molecule has 1 saturated heterocycles. The Morgan fingerprint density at radius 1 is 0.362 bits per heavy atom. The molecule has 1 aliphatic rings. The predicted molar refractivity (Wildman–Crippen MR) is 255 cm³/mol. The molecule has 0 aromatic rings. The lowest BCUT2D eigenvalue weighted by atomic mass is 9.92. The molecule has 0 unspecified atom stereocenters. The quantitative estimate of drug-likeness (QED) is 0.0572. The van der Waals surface area contributed by atoms with Gasteiger partial charge in [0, 0.05) is 46.1 Å². The lowest BCUT2D eigenvalue weighted by molar-refractivity contribution is 0.0253. The average Bonchev–Trinajstić information content (AvgIpc) is 3.24. The van der Waals surface area contributed by atoms with E-state index in [0.29, 0.717) is 6.10 Å². The molecule has 5 nitrogen and oxygen atoms in total. The summed E-state index contributed by atoms with van der Waals surface area (Å²) in [5.74, 6) is 1.78. The number of hydrogen-bond acceptors (Lipinski definition) is 5. The van der Waals surface area contributed by atoms with E-state index in [1.54, 1.807) is 0 Å². The number of rotatable bonds is 48. The third kappa shape index (κ3) is 38.7. The van der Waals surface area contributed by atoms with Gasteiger partial charge in [-0.15, -0.1) is 0 Å². The molecule has 348 valence electrons. The van der Waals surface area contributed by atoms with Crippen LogP contribution in [0.2, 0.25) is 0 Å². The minimum atomic E-state index is 0.466. The Morgan fingerprint density at radius 2 is 0.724 bits per heavy atom. The molecule has 0 amide bonds. The molecule has 58 heavy (non-hydrogen) atoms. The van der Waals surface area contributed by atoms with Crippen molar-refractivity contribution in [2.45, 2.75) is 265 Å². The van der Waals surface area contributed by atoms with Crippen molar-refractivity contribution >= 4 is 0 Å². The summed E-state index contributed by atoms with van der Waals surface area (Å²) < 4.78 is 24.3. The first kappa shape index (κ1) is 55.8. The second kappa shape index (κ2) is 46.3. The maximum atomic E-state index is 6.57. The van der Waals surface area contributed by atoms with E-state index in [1.165, 1.54) is 238 Å². The number of nitrogens with zero attached hydrogens (tertiary/aromatic N) is 1. The fourth-order valence-electron chi connectivity index (χ4n) is 9.05. The highest BCUT2D eigenvalue weighted by Crippen LogP contribution is 2.23. The molecule has 0 atom stereocenters. The fraction of sp³-hybridized carbons (Fsp3) is 1.00. The highest BCUT2D eigenvalue weighted by molar-refractivity contribution is 4.65. The van der Waals surface area contributed by atoms with Crippen molar-refractivity contribution in [3.8, 4) is 0 Å². The van der Waals surface area contributed by atoms with Crippen molar-refractivity contribution in [3.05, 3.63) is 0 Å². The molecule has 1 fully saturated rings. The molecule has 0 bridgehead atoms. The summed E-state index contributed by atoms with van der Waals surface area (Å²) in [5, 5.41) is 0. The Hall–Kier alpha value is -0.200. The van der Waals surface area contributed by atoms with E-state index in [1.807, 2.05) is 0 Å². The number of unbranched alkanes of at least 4 members (excludes halogenated alkanes) is 21. The van der Waals surface area contributed by atoms with Gasteiger partial charge in [-0.2, -0.15) is 0 Å². The highest BCUT2D eigenvalue weighted by Gasteiger charge is 2.13. The molecule has 0 aromatic carbocycles.